The van der Waals surface area contributed by atoms with Gasteiger partial charge in [-0.3, -0.25) is 9.59 Å². The van der Waals surface area contributed by atoms with Crippen LogP contribution in [0.5, 0.6) is 0 Å². The summed E-state index contributed by atoms with van der Waals surface area (Å²) < 4.78 is 0. The number of likely N-dealkylation sites (tertiary alicyclic amines) is 1. The van der Waals surface area contributed by atoms with Gasteiger partial charge in [-0.15, -0.1) is 0 Å². The number of hydrogen-bond donors (Lipinski definition) is 2. The van der Waals surface area contributed by atoms with Gasteiger partial charge in [0, 0.05) is 26.1 Å². The SMILES string of the molecule is O=C(CC1(O)CCCC1)NCc1ccc(CN2CCCC2=O)cc1. The third kappa shape index (κ3) is 4.35. The summed E-state index contributed by atoms with van der Waals surface area (Å²) in [6.07, 6.45) is 5.28. The van der Waals surface area contributed by atoms with E-state index in [0.717, 1.165) is 49.8 Å². The fraction of sp³-hybridized carbons (Fsp3) is 0.579. The minimum atomic E-state index is -0.795. The first kappa shape index (κ1) is 17.0. The molecule has 1 aliphatic heterocycles. The maximum absolute atomic E-state index is 12.0. The van der Waals surface area contributed by atoms with E-state index in [2.05, 4.69) is 5.32 Å². The van der Waals surface area contributed by atoms with Crippen LogP contribution in [0, 0.1) is 0 Å². The van der Waals surface area contributed by atoms with Crippen molar-refractivity contribution in [3.05, 3.63) is 35.4 Å². The van der Waals surface area contributed by atoms with Gasteiger partial charge in [0.05, 0.1) is 12.0 Å². The van der Waals surface area contributed by atoms with Crippen molar-refractivity contribution in [3.8, 4) is 0 Å². The molecule has 0 aromatic heterocycles. The molecule has 0 bridgehead atoms. The van der Waals surface area contributed by atoms with Gasteiger partial charge in [0.2, 0.25) is 11.8 Å². The van der Waals surface area contributed by atoms with Gasteiger partial charge in [0.15, 0.2) is 0 Å². The van der Waals surface area contributed by atoms with E-state index in [-0.39, 0.29) is 18.2 Å². The molecule has 1 aliphatic carbocycles. The summed E-state index contributed by atoms with van der Waals surface area (Å²) in [7, 11) is 0. The molecule has 0 spiro atoms. The molecule has 1 saturated heterocycles. The number of benzene rings is 1. The van der Waals surface area contributed by atoms with Crippen molar-refractivity contribution in [1.82, 2.24) is 10.2 Å². The van der Waals surface area contributed by atoms with Gasteiger partial charge in [0.1, 0.15) is 0 Å². The summed E-state index contributed by atoms with van der Waals surface area (Å²) in [4.78, 5) is 25.5. The van der Waals surface area contributed by atoms with E-state index >= 15 is 0 Å². The molecule has 2 fully saturated rings. The fourth-order valence-corrected chi connectivity index (χ4v) is 3.63. The minimum absolute atomic E-state index is 0.0915. The number of aliphatic hydroxyl groups is 1. The van der Waals surface area contributed by atoms with Gasteiger partial charge in [-0.1, -0.05) is 37.1 Å². The molecule has 5 nitrogen and oxygen atoms in total. The Morgan fingerprint density at radius 2 is 1.79 bits per heavy atom. The second-order valence-electron chi connectivity index (χ2n) is 7.12. The Morgan fingerprint density at radius 3 is 2.42 bits per heavy atom. The van der Waals surface area contributed by atoms with Crippen LogP contribution in [-0.4, -0.2) is 34.0 Å². The number of rotatable bonds is 6. The van der Waals surface area contributed by atoms with E-state index < -0.39 is 5.60 Å². The summed E-state index contributed by atoms with van der Waals surface area (Å²) in [5.41, 5.74) is 1.34. The number of nitrogens with zero attached hydrogens (tertiary/aromatic N) is 1. The average molecular weight is 330 g/mol. The van der Waals surface area contributed by atoms with E-state index in [0.29, 0.717) is 19.5 Å². The van der Waals surface area contributed by atoms with E-state index in [1.807, 2.05) is 29.2 Å². The van der Waals surface area contributed by atoms with Gasteiger partial charge in [-0.05, 0) is 30.4 Å². The standard InChI is InChI=1S/C19H26N2O3/c22-17(12-19(24)9-1-2-10-19)20-13-15-5-7-16(8-6-15)14-21-11-3-4-18(21)23/h5-8,24H,1-4,9-14H2,(H,20,22). The summed E-state index contributed by atoms with van der Waals surface area (Å²) in [6.45, 7) is 1.98. The van der Waals surface area contributed by atoms with Crippen molar-refractivity contribution in [1.29, 1.82) is 0 Å². The minimum Gasteiger partial charge on any atom is -0.389 e. The molecule has 2 aliphatic rings. The van der Waals surface area contributed by atoms with Crippen LogP contribution >= 0.6 is 0 Å². The molecule has 1 saturated carbocycles. The molecule has 3 rings (SSSR count). The first-order chi connectivity index (χ1) is 11.5. The van der Waals surface area contributed by atoms with Gasteiger partial charge < -0.3 is 15.3 Å². The lowest BCUT2D eigenvalue weighted by atomic mass is 9.97. The van der Waals surface area contributed by atoms with Crippen LogP contribution in [0.4, 0.5) is 0 Å². The van der Waals surface area contributed by atoms with Crippen LogP contribution < -0.4 is 5.32 Å². The normalized spacial score (nSPS) is 19.7. The van der Waals surface area contributed by atoms with Crippen LogP contribution in [0.3, 0.4) is 0 Å². The third-order valence-corrected chi connectivity index (χ3v) is 5.08. The lowest BCUT2D eigenvalue weighted by Crippen LogP contribution is -2.34. The van der Waals surface area contributed by atoms with Gasteiger partial charge in [-0.25, -0.2) is 0 Å². The van der Waals surface area contributed by atoms with Gasteiger partial charge in [-0.2, -0.15) is 0 Å². The molecule has 2 N–H and O–H groups in total. The van der Waals surface area contributed by atoms with E-state index in [9.17, 15) is 14.7 Å². The molecular formula is C19H26N2O3. The van der Waals surface area contributed by atoms with Crippen molar-refractivity contribution in [3.63, 3.8) is 0 Å². The molecule has 5 heteroatoms. The number of hydrogen-bond acceptors (Lipinski definition) is 3. The van der Waals surface area contributed by atoms with Crippen LogP contribution in [-0.2, 0) is 22.7 Å². The predicted molar refractivity (Wildman–Crippen MR) is 91.0 cm³/mol. The number of carbonyl (C=O) groups is 2. The topological polar surface area (TPSA) is 69.6 Å². The zero-order chi connectivity index (χ0) is 17.0. The van der Waals surface area contributed by atoms with Crippen LogP contribution in [0.15, 0.2) is 24.3 Å². The Balaban J connectivity index is 1.45. The van der Waals surface area contributed by atoms with E-state index in [1.54, 1.807) is 0 Å². The van der Waals surface area contributed by atoms with E-state index in [4.69, 9.17) is 0 Å². The first-order valence-electron chi connectivity index (χ1n) is 8.89. The Hall–Kier alpha value is -1.88. The molecule has 0 atom stereocenters. The second-order valence-corrected chi connectivity index (χ2v) is 7.12. The van der Waals surface area contributed by atoms with Crippen LogP contribution in [0.1, 0.15) is 56.1 Å². The highest BCUT2D eigenvalue weighted by Gasteiger charge is 2.33. The second kappa shape index (κ2) is 7.34. The Bertz CT molecular complexity index is 591. The van der Waals surface area contributed by atoms with Crippen molar-refractivity contribution in [2.45, 2.75) is 63.6 Å². The summed E-state index contributed by atoms with van der Waals surface area (Å²) >= 11 is 0. The van der Waals surface area contributed by atoms with Gasteiger partial charge >= 0.3 is 0 Å². The molecule has 0 radical (unpaired) electrons. The average Bonchev–Trinajstić information content (AvgIpc) is 3.16. The maximum Gasteiger partial charge on any atom is 0.223 e. The Morgan fingerprint density at radius 1 is 1.12 bits per heavy atom. The highest BCUT2D eigenvalue weighted by molar-refractivity contribution is 5.78. The van der Waals surface area contributed by atoms with Crippen LogP contribution in [0.2, 0.25) is 0 Å². The fourth-order valence-electron chi connectivity index (χ4n) is 3.63. The zero-order valence-corrected chi connectivity index (χ0v) is 14.1. The van der Waals surface area contributed by atoms with Crippen molar-refractivity contribution in [2.24, 2.45) is 0 Å². The van der Waals surface area contributed by atoms with Gasteiger partial charge in [0.25, 0.3) is 0 Å². The van der Waals surface area contributed by atoms with E-state index in [1.165, 1.54) is 0 Å². The number of amides is 2. The lowest BCUT2D eigenvalue weighted by molar-refractivity contribution is -0.128. The zero-order valence-electron chi connectivity index (χ0n) is 14.1. The first-order valence-corrected chi connectivity index (χ1v) is 8.89. The largest absolute Gasteiger partial charge is 0.389 e. The highest BCUT2D eigenvalue weighted by atomic mass is 16.3. The summed E-state index contributed by atoms with van der Waals surface area (Å²) in [5.74, 6) is 0.141. The molecule has 1 aromatic rings. The Kier molecular flexibility index (Phi) is 5.19. The van der Waals surface area contributed by atoms with Crippen molar-refractivity contribution in [2.75, 3.05) is 6.54 Å². The molecule has 130 valence electrons. The maximum atomic E-state index is 12.0. The predicted octanol–water partition coefficient (Wildman–Crippen LogP) is 2.12. The molecule has 1 heterocycles. The molecule has 24 heavy (non-hydrogen) atoms. The molecule has 1 aromatic carbocycles. The lowest BCUT2D eigenvalue weighted by Gasteiger charge is -2.21. The monoisotopic (exact) mass is 330 g/mol. The smallest absolute Gasteiger partial charge is 0.223 e. The number of carbonyl (C=O) groups excluding carboxylic acids is 2. The Labute approximate surface area is 143 Å². The van der Waals surface area contributed by atoms with Crippen LogP contribution in [0.25, 0.3) is 0 Å². The number of nitrogens with one attached hydrogen (secondary N) is 1. The summed E-state index contributed by atoms with van der Waals surface area (Å²) in [5, 5.41) is 13.1. The van der Waals surface area contributed by atoms with Crippen molar-refractivity contribution >= 4 is 11.8 Å². The highest BCUT2D eigenvalue weighted by Crippen LogP contribution is 2.32. The third-order valence-electron chi connectivity index (χ3n) is 5.08. The molecule has 2 amide bonds. The molecule has 0 unspecified atom stereocenters. The summed E-state index contributed by atoms with van der Waals surface area (Å²) in [6, 6.07) is 8.00. The van der Waals surface area contributed by atoms with Crippen molar-refractivity contribution < 1.29 is 14.7 Å². The molecular weight excluding hydrogens is 304 g/mol. The quantitative estimate of drug-likeness (QED) is 0.839.